The Balaban J connectivity index is 2.15. The van der Waals surface area contributed by atoms with Crippen molar-refractivity contribution in [3.63, 3.8) is 0 Å². The van der Waals surface area contributed by atoms with Gasteiger partial charge >= 0.3 is 0 Å². The van der Waals surface area contributed by atoms with Crippen molar-refractivity contribution in [2.45, 2.75) is 86.3 Å². The largest absolute Gasteiger partial charge is 0.394 e. The third kappa shape index (κ3) is 4.68. The number of hydrogen-bond donors (Lipinski definition) is 1. The number of carbonyl (C=O) groups is 3. The summed E-state index contributed by atoms with van der Waals surface area (Å²) in [5, 5.41) is 10.2. The zero-order valence-corrected chi connectivity index (χ0v) is 24.7. The molecule has 3 saturated heterocycles. The van der Waals surface area contributed by atoms with E-state index in [9.17, 15) is 19.5 Å². The number of amides is 3. The van der Waals surface area contributed by atoms with E-state index in [1.807, 2.05) is 34.6 Å². The summed E-state index contributed by atoms with van der Waals surface area (Å²) in [6.45, 7) is 18.7. The van der Waals surface area contributed by atoms with Crippen molar-refractivity contribution in [3.05, 3.63) is 25.3 Å². The second-order valence-corrected chi connectivity index (χ2v) is 13.9. The fraction of sp³-hybridized carbons (Fsp3) is 0.741. The van der Waals surface area contributed by atoms with Gasteiger partial charge in [-0.3, -0.25) is 14.4 Å². The number of rotatable bonds is 11. The van der Waals surface area contributed by atoms with E-state index in [1.54, 1.807) is 38.6 Å². The molecule has 3 fully saturated rings. The highest BCUT2D eigenvalue weighted by Gasteiger charge is 2.76. The Kier molecular flexibility index (Phi) is 9.09. The number of hydrogen-bond acceptors (Lipinski definition) is 5. The van der Waals surface area contributed by atoms with Crippen LogP contribution in [0.4, 0.5) is 0 Å². The lowest BCUT2D eigenvalue weighted by atomic mass is 9.70. The molecule has 7 nitrogen and oxygen atoms in total. The van der Waals surface area contributed by atoms with Crippen LogP contribution in [-0.4, -0.2) is 96.2 Å². The molecule has 202 valence electrons. The van der Waals surface area contributed by atoms with Crippen molar-refractivity contribution in [1.29, 1.82) is 0 Å². The first kappa shape index (κ1) is 29.2. The van der Waals surface area contributed by atoms with Gasteiger partial charge in [-0.25, -0.2) is 0 Å². The van der Waals surface area contributed by atoms with Gasteiger partial charge in [0.2, 0.25) is 17.7 Å². The summed E-state index contributed by atoms with van der Waals surface area (Å²) >= 11 is 5.46. The van der Waals surface area contributed by atoms with E-state index in [0.29, 0.717) is 32.5 Å². The molecule has 3 aliphatic heterocycles. The normalized spacial score (nSPS) is 31.8. The zero-order chi connectivity index (χ0) is 27.0. The fourth-order valence-corrected chi connectivity index (χ4v) is 9.92. The second-order valence-electron chi connectivity index (χ2n) is 11.1. The van der Waals surface area contributed by atoms with E-state index in [1.165, 1.54) is 0 Å². The minimum absolute atomic E-state index is 0.0136. The molecule has 3 rings (SSSR count). The van der Waals surface area contributed by atoms with Gasteiger partial charge in [-0.1, -0.05) is 41.9 Å². The molecule has 7 atom stereocenters. The van der Waals surface area contributed by atoms with Crippen LogP contribution in [0.25, 0.3) is 0 Å². The van der Waals surface area contributed by atoms with Crippen LogP contribution < -0.4 is 0 Å². The fourth-order valence-electron chi connectivity index (χ4n) is 6.34. The molecule has 0 aliphatic carbocycles. The summed E-state index contributed by atoms with van der Waals surface area (Å²) in [5.41, 5.74) is -0.484. The summed E-state index contributed by atoms with van der Waals surface area (Å²) in [6, 6.07) is -1.24. The maximum atomic E-state index is 14.4. The van der Waals surface area contributed by atoms with Gasteiger partial charge in [-0.15, -0.1) is 24.9 Å². The van der Waals surface area contributed by atoms with Gasteiger partial charge in [0.1, 0.15) is 6.04 Å². The molecule has 3 unspecified atom stereocenters. The quantitative estimate of drug-likeness (QED) is 0.297. The van der Waals surface area contributed by atoms with Crippen LogP contribution in [0.2, 0.25) is 0 Å². The third-order valence-corrected chi connectivity index (χ3v) is 11.1. The van der Waals surface area contributed by atoms with Crippen LogP contribution in [-0.2, 0) is 14.4 Å². The Hall–Kier alpha value is -1.32. The Morgan fingerprint density at radius 1 is 1.25 bits per heavy atom. The number of nitrogens with zero attached hydrogens (tertiary/aromatic N) is 3. The summed E-state index contributed by atoms with van der Waals surface area (Å²) in [4.78, 5) is 47.8. The number of fused-ring (bicyclic) bond motifs is 1. The Morgan fingerprint density at radius 2 is 1.89 bits per heavy atom. The highest BCUT2D eigenvalue weighted by atomic mass is 79.9. The van der Waals surface area contributed by atoms with Crippen molar-refractivity contribution < 1.29 is 19.5 Å². The Morgan fingerprint density at radius 3 is 2.39 bits per heavy atom. The van der Waals surface area contributed by atoms with Gasteiger partial charge in [0.05, 0.1) is 29.2 Å². The van der Waals surface area contributed by atoms with Crippen molar-refractivity contribution in [2.75, 3.05) is 26.2 Å². The number of halogens is 1. The summed E-state index contributed by atoms with van der Waals surface area (Å²) in [6.07, 6.45) is 5.38. The van der Waals surface area contributed by atoms with Crippen molar-refractivity contribution in [1.82, 2.24) is 14.7 Å². The molecule has 0 saturated carbocycles. The van der Waals surface area contributed by atoms with Crippen molar-refractivity contribution in [3.8, 4) is 0 Å². The number of aliphatic hydroxyl groups excluding tert-OH is 1. The van der Waals surface area contributed by atoms with Crippen LogP contribution in [0.5, 0.6) is 0 Å². The summed E-state index contributed by atoms with van der Waals surface area (Å²) in [7, 11) is 0. The molecule has 9 heteroatoms. The minimum Gasteiger partial charge on any atom is -0.394 e. The molecule has 3 heterocycles. The third-order valence-electron chi connectivity index (χ3n) is 7.86. The predicted octanol–water partition coefficient (Wildman–Crippen LogP) is 3.46. The number of likely N-dealkylation sites (tertiary alicyclic amines) is 1. The van der Waals surface area contributed by atoms with Gasteiger partial charge in [0.15, 0.2) is 0 Å². The van der Waals surface area contributed by atoms with Gasteiger partial charge < -0.3 is 19.8 Å². The lowest BCUT2D eigenvalue weighted by molar-refractivity contribution is -0.148. The number of aliphatic hydroxyl groups is 1. The van der Waals surface area contributed by atoms with Crippen molar-refractivity contribution >= 4 is 45.4 Å². The van der Waals surface area contributed by atoms with Crippen LogP contribution in [0.3, 0.4) is 0 Å². The Labute approximate surface area is 228 Å². The number of carbonyl (C=O) groups excluding carboxylic acids is 3. The molecule has 1 spiro atoms. The first-order valence-electron chi connectivity index (χ1n) is 13.0. The highest BCUT2D eigenvalue weighted by molar-refractivity contribution is 9.09. The van der Waals surface area contributed by atoms with Crippen molar-refractivity contribution in [2.24, 2.45) is 11.8 Å². The van der Waals surface area contributed by atoms with E-state index in [2.05, 4.69) is 29.1 Å². The molecule has 2 bridgehead atoms. The number of alkyl halides is 1. The monoisotopic (exact) mass is 583 g/mol. The maximum Gasteiger partial charge on any atom is 0.247 e. The second kappa shape index (κ2) is 11.2. The predicted molar refractivity (Wildman–Crippen MR) is 149 cm³/mol. The number of thioether (sulfide) groups is 1. The molecule has 3 amide bonds. The SMILES string of the molecule is C=CCN(CCC)C(=O)[C@H]1[C@H]2C(=O)N([C@@H](CC)CO)C(C(=O)N(CC=C)C(C)(C)C)C23CC(Br)[C@@H]1S3. The lowest BCUT2D eigenvalue weighted by Gasteiger charge is -2.43. The van der Waals surface area contributed by atoms with Crippen LogP contribution in [0.15, 0.2) is 25.3 Å². The minimum atomic E-state index is -0.752. The zero-order valence-electron chi connectivity index (χ0n) is 22.3. The molecule has 1 N–H and O–H groups in total. The summed E-state index contributed by atoms with van der Waals surface area (Å²) in [5.74, 6) is -1.47. The smallest absolute Gasteiger partial charge is 0.247 e. The summed E-state index contributed by atoms with van der Waals surface area (Å²) < 4.78 is -0.730. The Bertz CT molecular complexity index is 889. The lowest BCUT2D eigenvalue weighted by Crippen LogP contribution is -2.60. The molecule has 0 aromatic rings. The average Bonchev–Trinajstić information content (AvgIpc) is 3.40. The standard InChI is InChI=1S/C27H42BrN3O4S/c1-8-12-29(13-9-2)23(33)19-20-24(34)31(17(11-4)16-32)22(27(20)15-18(28)21(19)36-27)25(35)30(14-10-3)26(5,6)7/h8,10,17-22,32H,1,3,9,11-16H2,2,4-7H3/t17-,18?,19-,20-,21-,22?,27?/m0/s1. The van der Waals surface area contributed by atoms with E-state index in [-0.39, 0.29) is 34.4 Å². The molecular weight excluding hydrogens is 542 g/mol. The molecule has 0 radical (unpaired) electrons. The van der Waals surface area contributed by atoms with Crippen LogP contribution in [0.1, 0.15) is 53.9 Å². The highest BCUT2D eigenvalue weighted by Crippen LogP contribution is 2.68. The first-order valence-corrected chi connectivity index (χ1v) is 14.8. The van der Waals surface area contributed by atoms with E-state index >= 15 is 0 Å². The molecule has 0 aromatic carbocycles. The molecule has 0 aromatic heterocycles. The van der Waals surface area contributed by atoms with Gasteiger partial charge in [-0.05, 0) is 40.0 Å². The molecule has 36 heavy (non-hydrogen) atoms. The topological polar surface area (TPSA) is 81.2 Å². The van der Waals surface area contributed by atoms with Crippen LogP contribution in [0, 0.1) is 11.8 Å². The molecular formula is C27H42BrN3O4S. The average molecular weight is 585 g/mol. The van der Waals surface area contributed by atoms with Crippen LogP contribution >= 0.6 is 27.7 Å². The van der Waals surface area contributed by atoms with Gasteiger partial charge in [-0.2, -0.15) is 0 Å². The molecule has 3 aliphatic rings. The van der Waals surface area contributed by atoms with Gasteiger partial charge in [0, 0.05) is 35.3 Å². The van der Waals surface area contributed by atoms with E-state index < -0.39 is 34.2 Å². The van der Waals surface area contributed by atoms with Gasteiger partial charge in [0.25, 0.3) is 0 Å². The maximum absolute atomic E-state index is 14.4. The first-order chi connectivity index (χ1) is 16.9. The van der Waals surface area contributed by atoms with E-state index in [4.69, 9.17) is 0 Å². The van der Waals surface area contributed by atoms with E-state index in [0.717, 1.165) is 6.42 Å².